The van der Waals surface area contributed by atoms with Crippen LogP contribution in [0.4, 0.5) is 11.4 Å². The van der Waals surface area contributed by atoms with Gasteiger partial charge in [-0.05, 0) is 37.5 Å². The summed E-state index contributed by atoms with van der Waals surface area (Å²) in [5, 5.41) is 8.25. The van der Waals surface area contributed by atoms with Gasteiger partial charge in [-0.2, -0.15) is 0 Å². The molecule has 1 aromatic carbocycles. The first kappa shape index (κ1) is 14.1. The zero-order chi connectivity index (χ0) is 14.1. The van der Waals surface area contributed by atoms with E-state index in [9.17, 15) is 8.42 Å². The van der Waals surface area contributed by atoms with Gasteiger partial charge in [0.2, 0.25) is 10.0 Å². The Bertz CT molecular complexity index is 562. The molecule has 1 fully saturated rings. The highest BCUT2D eigenvalue weighted by molar-refractivity contribution is 7.89. The van der Waals surface area contributed by atoms with E-state index in [0.717, 1.165) is 19.3 Å². The van der Waals surface area contributed by atoms with Crippen molar-refractivity contribution in [1.29, 1.82) is 0 Å². The van der Waals surface area contributed by atoms with Crippen LogP contribution in [-0.4, -0.2) is 27.7 Å². The zero-order valence-corrected chi connectivity index (χ0v) is 11.7. The van der Waals surface area contributed by atoms with Gasteiger partial charge in [-0.15, -0.1) is 0 Å². The number of anilines is 2. The van der Waals surface area contributed by atoms with Crippen LogP contribution in [0, 0.1) is 0 Å². The van der Waals surface area contributed by atoms with Gasteiger partial charge in [-0.25, -0.2) is 13.6 Å². The molecule has 0 heterocycles. The Hall–Kier alpha value is -1.31. The van der Waals surface area contributed by atoms with Crippen molar-refractivity contribution in [3.05, 3.63) is 18.2 Å². The molecule has 0 atom stereocenters. The molecule has 6 nitrogen and oxygen atoms in total. The molecule has 0 bridgehead atoms. The van der Waals surface area contributed by atoms with E-state index in [-0.39, 0.29) is 10.5 Å². The highest BCUT2D eigenvalue weighted by atomic mass is 32.2. The molecular formula is C12H19N3O3S. The molecule has 0 saturated heterocycles. The summed E-state index contributed by atoms with van der Waals surface area (Å²) in [6.07, 6.45) is 3.12. The third kappa shape index (κ3) is 2.99. The number of ether oxygens (including phenoxy) is 1. The van der Waals surface area contributed by atoms with Gasteiger partial charge in [-0.1, -0.05) is 0 Å². The predicted octanol–water partition coefficient (Wildman–Crippen LogP) is 0.897. The maximum Gasteiger partial charge on any atom is 0.238 e. The molecule has 5 N–H and O–H groups in total. The van der Waals surface area contributed by atoms with Gasteiger partial charge in [-0.3, -0.25) is 0 Å². The van der Waals surface area contributed by atoms with Crippen molar-refractivity contribution >= 4 is 21.4 Å². The molecule has 106 valence electrons. The minimum atomic E-state index is -3.72. The van der Waals surface area contributed by atoms with Crippen LogP contribution in [0.25, 0.3) is 0 Å². The Balaban J connectivity index is 2.16. The number of hydrogen-bond donors (Lipinski definition) is 3. The Morgan fingerprint density at radius 3 is 2.58 bits per heavy atom. The summed E-state index contributed by atoms with van der Waals surface area (Å²) >= 11 is 0. The first-order chi connectivity index (χ1) is 8.86. The van der Waals surface area contributed by atoms with Crippen LogP contribution in [0.1, 0.15) is 19.3 Å². The maximum atomic E-state index is 11.3. The first-order valence-electron chi connectivity index (χ1n) is 6.08. The molecule has 0 aliphatic heterocycles. The summed E-state index contributed by atoms with van der Waals surface area (Å²) in [7, 11) is -2.03. The highest BCUT2D eigenvalue weighted by Crippen LogP contribution is 2.35. The fourth-order valence-electron chi connectivity index (χ4n) is 2.15. The van der Waals surface area contributed by atoms with Crippen LogP contribution in [0.2, 0.25) is 0 Å². The molecular weight excluding hydrogens is 266 g/mol. The molecule has 0 unspecified atom stereocenters. The zero-order valence-electron chi connectivity index (χ0n) is 10.8. The number of hydrogen-bond acceptors (Lipinski definition) is 5. The number of methoxy groups -OCH3 is 1. The molecule has 1 aromatic rings. The largest absolute Gasteiger partial charge is 0.397 e. The standard InChI is InChI=1S/C12H19N3O3S/c1-18-12(5-2-6-12)8-15-11-7-9(19(14,16)17)3-4-10(11)13/h3-4,7,15H,2,5-6,8,13H2,1H3,(H2,14,16,17). The fraction of sp³-hybridized carbons (Fsp3) is 0.500. The molecule has 7 heteroatoms. The van der Waals surface area contributed by atoms with Gasteiger partial charge < -0.3 is 15.8 Å². The average Bonchev–Trinajstić information content (AvgIpc) is 2.29. The van der Waals surface area contributed by atoms with Crippen molar-refractivity contribution in [2.75, 3.05) is 24.7 Å². The van der Waals surface area contributed by atoms with Crippen LogP contribution < -0.4 is 16.2 Å². The van der Waals surface area contributed by atoms with Crippen molar-refractivity contribution in [2.45, 2.75) is 29.8 Å². The number of nitrogens with one attached hydrogen (secondary N) is 1. The lowest BCUT2D eigenvalue weighted by Gasteiger charge is -2.40. The topological polar surface area (TPSA) is 107 Å². The Morgan fingerprint density at radius 1 is 1.42 bits per heavy atom. The first-order valence-corrected chi connectivity index (χ1v) is 7.62. The van der Waals surface area contributed by atoms with E-state index in [1.807, 2.05) is 0 Å². The second-order valence-corrected chi connectivity index (χ2v) is 6.45. The average molecular weight is 285 g/mol. The SMILES string of the molecule is COC1(CNc2cc(S(N)(=O)=O)ccc2N)CCC1. The molecule has 0 radical (unpaired) electrons. The van der Waals surface area contributed by atoms with Crippen LogP contribution in [-0.2, 0) is 14.8 Å². The Morgan fingerprint density at radius 2 is 2.11 bits per heavy atom. The Labute approximate surface area is 113 Å². The monoisotopic (exact) mass is 285 g/mol. The number of primary sulfonamides is 1. The quantitative estimate of drug-likeness (QED) is 0.697. The smallest absolute Gasteiger partial charge is 0.238 e. The minimum Gasteiger partial charge on any atom is -0.397 e. The summed E-state index contributed by atoms with van der Waals surface area (Å²) in [6.45, 7) is 0.599. The van der Waals surface area contributed by atoms with Gasteiger partial charge in [0.25, 0.3) is 0 Å². The summed E-state index contributed by atoms with van der Waals surface area (Å²) in [5.41, 5.74) is 6.71. The van der Waals surface area contributed by atoms with E-state index < -0.39 is 10.0 Å². The van der Waals surface area contributed by atoms with Gasteiger partial charge >= 0.3 is 0 Å². The second-order valence-electron chi connectivity index (χ2n) is 4.89. The highest BCUT2D eigenvalue weighted by Gasteiger charge is 2.36. The van der Waals surface area contributed by atoms with Crippen molar-refractivity contribution in [3.8, 4) is 0 Å². The van der Waals surface area contributed by atoms with E-state index in [2.05, 4.69) is 5.32 Å². The number of rotatable bonds is 5. The number of benzene rings is 1. The van der Waals surface area contributed by atoms with Crippen molar-refractivity contribution in [1.82, 2.24) is 0 Å². The van der Waals surface area contributed by atoms with Crippen LogP contribution >= 0.6 is 0 Å². The maximum absolute atomic E-state index is 11.3. The third-order valence-electron chi connectivity index (χ3n) is 3.65. The lowest BCUT2D eigenvalue weighted by Crippen LogP contribution is -2.45. The van der Waals surface area contributed by atoms with Gasteiger partial charge in [0, 0.05) is 13.7 Å². The van der Waals surface area contributed by atoms with E-state index in [1.165, 1.54) is 18.2 Å². The lowest BCUT2D eigenvalue weighted by atomic mass is 9.80. The normalized spacial score (nSPS) is 17.8. The van der Waals surface area contributed by atoms with E-state index in [0.29, 0.717) is 17.9 Å². The summed E-state index contributed by atoms with van der Waals surface area (Å²) < 4.78 is 28.1. The van der Waals surface area contributed by atoms with Gasteiger partial charge in [0.15, 0.2) is 0 Å². The number of nitrogens with two attached hydrogens (primary N) is 2. The van der Waals surface area contributed by atoms with E-state index >= 15 is 0 Å². The second kappa shape index (κ2) is 4.99. The molecule has 1 aliphatic carbocycles. The summed E-state index contributed by atoms with van der Waals surface area (Å²) in [6, 6.07) is 4.38. The molecule has 19 heavy (non-hydrogen) atoms. The summed E-state index contributed by atoms with van der Waals surface area (Å²) in [5.74, 6) is 0. The molecule has 1 aliphatic rings. The van der Waals surface area contributed by atoms with Crippen molar-refractivity contribution in [2.24, 2.45) is 5.14 Å². The summed E-state index contributed by atoms with van der Waals surface area (Å²) in [4.78, 5) is 0.0456. The molecule has 2 rings (SSSR count). The molecule has 1 saturated carbocycles. The van der Waals surface area contributed by atoms with Gasteiger partial charge in [0.1, 0.15) is 0 Å². The van der Waals surface area contributed by atoms with Crippen molar-refractivity contribution < 1.29 is 13.2 Å². The Kier molecular flexibility index (Phi) is 3.71. The fourth-order valence-corrected chi connectivity index (χ4v) is 2.69. The molecule has 0 aromatic heterocycles. The molecule has 0 spiro atoms. The molecule has 0 amide bonds. The number of nitrogen functional groups attached to an aromatic ring is 1. The lowest BCUT2D eigenvalue weighted by molar-refractivity contribution is -0.0601. The van der Waals surface area contributed by atoms with Gasteiger partial charge in [0.05, 0.1) is 21.9 Å². The van der Waals surface area contributed by atoms with Crippen molar-refractivity contribution in [3.63, 3.8) is 0 Å². The minimum absolute atomic E-state index is 0.0456. The third-order valence-corrected chi connectivity index (χ3v) is 4.56. The van der Waals surface area contributed by atoms with Crippen LogP contribution in [0.3, 0.4) is 0 Å². The van der Waals surface area contributed by atoms with Crippen LogP contribution in [0.15, 0.2) is 23.1 Å². The number of sulfonamides is 1. The predicted molar refractivity (Wildman–Crippen MR) is 74.3 cm³/mol. The van der Waals surface area contributed by atoms with E-state index in [4.69, 9.17) is 15.6 Å². The van der Waals surface area contributed by atoms with E-state index in [1.54, 1.807) is 7.11 Å². The van der Waals surface area contributed by atoms with Crippen LogP contribution in [0.5, 0.6) is 0 Å².